The van der Waals surface area contributed by atoms with Gasteiger partial charge in [0.15, 0.2) is 0 Å². The Balaban J connectivity index is 1.91. The minimum atomic E-state index is -0.467. The Morgan fingerprint density at radius 2 is 2.22 bits per heavy atom. The molecule has 0 radical (unpaired) electrons. The molecule has 0 aliphatic carbocycles. The topological polar surface area (TPSA) is 60.0 Å². The van der Waals surface area contributed by atoms with Crippen LogP contribution in [-0.4, -0.2) is 62.9 Å². The molecular weight excluding hydrogens is 234 g/mol. The normalized spacial score (nSPS) is 22.3. The van der Waals surface area contributed by atoms with E-state index in [-0.39, 0.29) is 6.10 Å². The van der Waals surface area contributed by atoms with E-state index in [1.165, 1.54) is 0 Å². The predicted molar refractivity (Wildman–Crippen MR) is 69.8 cm³/mol. The number of nitrogens with one attached hydrogen (secondary N) is 1. The molecule has 5 nitrogen and oxygen atoms in total. The van der Waals surface area contributed by atoms with Crippen molar-refractivity contribution in [2.45, 2.75) is 44.9 Å². The van der Waals surface area contributed by atoms with Crippen LogP contribution in [0.4, 0.5) is 0 Å². The molecule has 1 aliphatic heterocycles. The predicted octanol–water partition coefficient (Wildman–Crippen LogP) is 0.558. The Labute approximate surface area is 110 Å². The third-order valence-corrected chi connectivity index (χ3v) is 2.79. The summed E-state index contributed by atoms with van der Waals surface area (Å²) in [5.74, 6) is 0. The van der Waals surface area contributed by atoms with E-state index in [1.807, 2.05) is 13.8 Å². The van der Waals surface area contributed by atoms with Crippen molar-refractivity contribution in [2.24, 2.45) is 0 Å². The molecule has 108 valence electrons. The highest BCUT2D eigenvalue weighted by Crippen LogP contribution is 2.05. The fraction of sp³-hybridized carbons (Fsp3) is 1.00. The number of ether oxygens (including phenoxy) is 3. The van der Waals surface area contributed by atoms with Crippen LogP contribution in [0.3, 0.4) is 0 Å². The van der Waals surface area contributed by atoms with Gasteiger partial charge in [-0.3, -0.25) is 0 Å². The van der Waals surface area contributed by atoms with E-state index in [0.29, 0.717) is 32.4 Å². The van der Waals surface area contributed by atoms with Gasteiger partial charge in [0.1, 0.15) is 0 Å². The first-order chi connectivity index (χ1) is 8.68. The molecule has 1 heterocycles. The van der Waals surface area contributed by atoms with Crippen LogP contribution < -0.4 is 5.32 Å². The van der Waals surface area contributed by atoms with Gasteiger partial charge in [0.2, 0.25) is 0 Å². The number of rotatable bonds is 9. The number of aliphatic hydroxyl groups is 1. The average molecular weight is 261 g/mol. The van der Waals surface area contributed by atoms with E-state index in [2.05, 4.69) is 5.32 Å². The third-order valence-electron chi connectivity index (χ3n) is 2.79. The van der Waals surface area contributed by atoms with Gasteiger partial charge in [-0.25, -0.2) is 0 Å². The summed E-state index contributed by atoms with van der Waals surface area (Å²) in [5.41, 5.74) is 0. The lowest BCUT2D eigenvalue weighted by Gasteiger charge is -2.24. The molecule has 1 saturated heterocycles. The summed E-state index contributed by atoms with van der Waals surface area (Å²) < 4.78 is 16.0. The van der Waals surface area contributed by atoms with E-state index in [9.17, 15) is 5.11 Å². The van der Waals surface area contributed by atoms with Gasteiger partial charge in [0, 0.05) is 19.2 Å². The number of hydrogen-bond donors (Lipinski definition) is 2. The van der Waals surface area contributed by atoms with Crippen molar-refractivity contribution in [3.63, 3.8) is 0 Å². The zero-order valence-corrected chi connectivity index (χ0v) is 11.6. The summed E-state index contributed by atoms with van der Waals surface area (Å²) >= 11 is 0. The second kappa shape index (κ2) is 9.69. The van der Waals surface area contributed by atoms with Crippen LogP contribution >= 0.6 is 0 Å². The SMILES string of the molecule is CC(C)OCCOCC(O)CNC1CCCOC1. The molecular formula is C13H27NO4. The van der Waals surface area contributed by atoms with Gasteiger partial charge < -0.3 is 24.6 Å². The van der Waals surface area contributed by atoms with Crippen LogP contribution in [0.25, 0.3) is 0 Å². The van der Waals surface area contributed by atoms with Gasteiger partial charge in [-0.1, -0.05) is 0 Å². The summed E-state index contributed by atoms with van der Waals surface area (Å²) in [5, 5.41) is 13.0. The van der Waals surface area contributed by atoms with E-state index in [1.54, 1.807) is 0 Å². The van der Waals surface area contributed by atoms with Gasteiger partial charge in [-0.05, 0) is 26.7 Å². The fourth-order valence-corrected chi connectivity index (χ4v) is 1.83. The zero-order valence-electron chi connectivity index (χ0n) is 11.6. The molecule has 1 fully saturated rings. The van der Waals surface area contributed by atoms with Crippen LogP contribution in [-0.2, 0) is 14.2 Å². The maximum Gasteiger partial charge on any atom is 0.0897 e. The molecule has 2 atom stereocenters. The molecule has 5 heteroatoms. The average Bonchev–Trinajstić information content (AvgIpc) is 2.37. The Hall–Kier alpha value is -0.200. The van der Waals surface area contributed by atoms with Crippen LogP contribution in [0.15, 0.2) is 0 Å². The largest absolute Gasteiger partial charge is 0.389 e. The van der Waals surface area contributed by atoms with Crippen LogP contribution in [0.1, 0.15) is 26.7 Å². The monoisotopic (exact) mass is 261 g/mol. The third kappa shape index (κ3) is 8.00. The molecule has 0 saturated carbocycles. The highest BCUT2D eigenvalue weighted by Gasteiger charge is 2.14. The van der Waals surface area contributed by atoms with E-state index in [0.717, 1.165) is 26.1 Å². The number of hydrogen-bond acceptors (Lipinski definition) is 5. The Morgan fingerprint density at radius 3 is 2.89 bits per heavy atom. The second-order valence-electron chi connectivity index (χ2n) is 4.97. The molecule has 18 heavy (non-hydrogen) atoms. The van der Waals surface area contributed by atoms with Crippen molar-refractivity contribution >= 4 is 0 Å². The molecule has 1 rings (SSSR count). The van der Waals surface area contributed by atoms with Crippen molar-refractivity contribution in [3.05, 3.63) is 0 Å². The molecule has 0 aromatic heterocycles. The highest BCUT2D eigenvalue weighted by molar-refractivity contribution is 4.71. The van der Waals surface area contributed by atoms with Crippen molar-refractivity contribution in [2.75, 3.05) is 39.6 Å². The summed E-state index contributed by atoms with van der Waals surface area (Å²) in [6.45, 7) is 7.60. The summed E-state index contributed by atoms with van der Waals surface area (Å²) in [7, 11) is 0. The zero-order chi connectivity index (χ0) is 13.2. The van der Waals surface area contributed by atoms with Crippen LogP contribution in [0.2, 0.25) is 0 Å². The summed E-state index contributed by atoms with van der Waals surface area (Å²) in [6.07, 6.45) is 1.98. The Kier molecular flexibility index (Phi) is 8.54. The maximum absolute atomic E-state index is 9.72. The first-order valence-electron chi connectivity index (χ1n) is 6.87. The number of aliphatic hydroxyl groups excluding tert-OH is 1. The summed E-state index contributed by atoms with van der Waals surface area (Å²) in [6, 6.07) is 0.373. The van der Waals surface area contributed by atoms with Gasteiger partial charge in [-0.15, -0.1) is 0 Å². The maximum atomic E-state index is 9.72. The van der Waals surface area contributed by atoms with Gasteiger partial charge in [-0.2, -0.15) is 0 Å². The van der Waals surface area contributed by atoms with Gasteiger partial charge >= 0.3 is 0 Å². The van der Waals surface area contributed by atoms with Crippen molar-refractivity contribution in [1.29, 1.82) is 0 Å². The lowest BCUT2D eigenvalue weighted by Crippen LogP contribution is -2.42. The van der Waals surface area contributed by atoms with Crippen molar-refractivity contribution in [1.82, 2.24) is 5.32 Å². The van der Waals surface area contributed by atoms with E-state index < -0.39 is 6.10 Å². The fourth-order valence-electron chi connectivity index (χ4n) is 1.83. The molecule has 1 aliphatic rings. The lowest BCUT2D eigenvalue weighted by molar-refractivity contribution is -0.0123. The van der Waals surface area contributed by atoms with E-state index >= 15 is 0 Å². The van der Waals surface area contributed by atoms with Crippen LogP contribution in [0, 0.1) is 0 Å². The van der Waals surface area contributed by atoms with E-state index in [4.69, 9.17) is 14.2 Å². The summed E-state index contributed by atoms with van der Waals surface area (Å²) in [4.78, 5) is 0. The smallest absolute Gasteiger partial charge is 0.0897 e. The molecule has 0 amide bonds. The molecule has 0 spiro atoms. The lowest BCUT2D eigenvalue weighted by atomic mass is 10.1. The van der Waals surface area contributed by atoms with Crippen molar-refractivity contribution in [3.8, 4) is 0 Å². The first-order valence-corrected chi connectivity index (χ1v) is 6.87. The molecule has 2 N–H and O–H groups in total. The molecule has 0 bridgehead atoms. The minimum Gasteiger partial charge on any atom is -0.389 e. The quantitative estimate of drug-likeness (QED) is 0.594. The van der Waals surface area contributed by atoms with Gasteiger partial charge in [0.05, 0.1) is 38.6 Å². The Bertz CT molecular complexity index is 195. The molecule has 2 unspecified atom stereocenters. The molecule has 0 aromatic rings. The van der Waals surface area contributed by atoms with Gasteiger partial charge in [0.25, 0.3) is 0 Å². The first kappa shape index (κ1) is 15.9. The minimum absolute atomic E-state index is 0.228. The van der Waals surface area contributed by atoms with Crippen LogP contribution in [0.5, 0.6) is 0 Å². The van der Waals surface area contributed by atoms with Crippen molar-refractivity contribution < 1.29 is 19.3 Å². The standard InChI is InChI=1S/C13H27NO4/c1-11(2)18-7-6-17-10-13(15)8-14-12-4-3-5-16-9-12/h11-15H,3-10H2,1-2H3. The second-order valence-corrected chi connectivity index (χ2v) is 4.97. The molecule has 0 aromatic carbocycles. The highest BCUT2D eigenvalue weighted by atomic mass is 16.5. The Morgan fingerprint density at radius 1 is 1.39 bits per heavy atom.